The van der Waals surface area contributed by atoms with E-state index < -0.39 is 11.6 Å². The summed E-state index contributed by atoms with van der Waals surface area (Å²) in [5, 5.41) is 4.89. The van der Waals surface area contributed by atoms with Gasteiger partial charge in [-0.25, -0.2) is 4.79 Å². The van der Waals surface area contributed by atoms with Crippen LogP contribution in [-0.4, -0.2) is 23.9 Å². The number of rotatable bonds is 4. The summed E-state index contributed by atoms with van der Waals surface area (Å²) in [6, 6.07) is 19.0. The lowest BCUT2D eigenvalue weighted by Crippen LogP contribution is -2.41. The summed E-state index contributed by atoms with van der Waals surface area (Å²) in [7, 11) is 1.58. The maximum absolute atomic E-state index is 13.4. The number of nitrogens with zero attached hydrogens (tertiary/aromatic N) is 1. The predicted octanol–water partition coefficient (Wildman–Crippen LogP) is 4.12. The van der Waals surface area contributed by atoms with Crippen molar-refractivity contribution in [1.29, 1.82) is 0 Å². The van der Waals surface area contributed by atoms with Gasteiger partial charge < -0.3 is 10.1 Å². The van der Waals surface area contributed by atoms with Gasteiger partial charge in [0.15, 0.2) is 0 Å². The highest BCUT2D eigenvalue weighted by Crippen LogP contribution is 2.35. The third kappa shape index (κ3) is 2.80. The molecule has 0 radical (unpaired) electrons. The number of benzene rings is 3. The molecule has 28 heavy (non-hydrogen) atoms. The van der Waals surface area contributed by atoms with Crippen LogP contribution in [0.15, 0.2) is 60.7 Å². The van der Waals surface area contributed by atoms with Crippen molar-refractivity contribution in [3.63, 3.8) is 0 Å². The van der Waals surface area contributed by atoms with Crippen molar-refractivity contribution in [1.82, 2.24) is 10.2 Å². The lowest BCUT2D eigenvalue weighted by molar-refractivity contribution is -0.131. The molecular formula is C23H22N2O3. The maximum atomic E-state index is 13.4. The standard InChI is InChI=1S/C23H22N2O3/c1-15-11-12-20(28-3)17(13-15)14-25-21(26)23(2,24-22(25)27)19-10-6-8-16-7-4-5-9-18(16)19/h4-13H,14H2,1-3H3,(H,24,27)/t23-/m0/s1. The zero-order chi connectivity index (χ0) is 19.9. The number of imide groups is 1. The maximum Gasteiger partial charge on any atom is 0.325 e. The topological polar surface area (TPSA) is 58.6 Å². The van der Waals surface area contributed by atoms with Gasteiger partial charge in [0.1, 0.15) is 11.3 Å². The molecule has 0 unspecified atom stereocenters. The third-order valence-corrected chi connectivity index (χ3v) is 5.37. The Balaban J connectivity index is 1.74. The van der Waals surface area contributed by atoms with Crippen LogP contribution in [0.4, 0.5) is 4.79 Å². The normalized spacial score (nSPS) is 19.2. The molecule has 1 N–H and O–H groups in total. The van der Waals surface area contributed by atoms with Gasteiger partial charge in [-0.2, -0.15) is 0 Å². The van der Waals surface area contributed by atoms with Crippen molar-refractivity contribution in [2.75, 3.05) is 7.11 Å². The van der Waals surface area contributed by atoms with Crippen molar-refractivity contribution in [3.05, 3.63) is 77.4 Å². The molecule has 5 heteroatoms. The van der Waals surface area contributed by atoms with Crippen molar-refractivity contribution >= 4 is 22.7 Å². The van der Waals surface area contributed by atoms with Gasteiger partial charge in [-0.15, -0.1) is 0 Å². The van der Waals surface area contributed by atoms with Gasteiger partial charge >= 0.3 is 6.03 Å². The fourth-order valence-electron chi connectivity index (χ4n) is 3.89. The largest absolute Gasteiger partial charge is 0.496 e. The summed E-state index contributed by atoms with van der Waals surface area (Å²) in [4.78, 5) is 27.4. The summed E-state index contributed by atoms with van der Waals surface area (Å²) in [6.07, 6.45) is 0. The lowest BCUT2D eigenvalue weighted by Gasteiger charge is -2.24. The van der Waals surface area contributed by atoms with E-state index in [1.165, 1.54) is 4.90 Å². The van der Waals surface area contributed by atoms with Gasteiger partial charge in [0, 0.05) is 5.56 Å². The van der Waals surface area contributed by atoms with Crippen LogP contribution in [0.1, 0.15) is 23.6 Å². The molecule has 5 nitrogen and oxygen atoms in total. The molecular weight excluding hydrogens is 352 g/mol. The minimum Gasteiger partial charge on any atom is -0.496 e. The Morgan fingerprint density at radius 3 is 2.57 bits per heavy atom. The molecule has 0 bridgehead atoms. The van der Waals surface area contributed by atoms with E-state index >= 15 is 0 Å². The first-order chi connectivity index (χ1) is 13.4. The second-order valence-corrected chi connectivity index (χ2v) is 7.29. The van der Waals surface area contributed by atoms with Crippen LogP contribution >= 0.6 is 0 Å². The molecule has 1 saturated heterocycles. The molecule has 0 saturated carbocycles. The number of ether oxygens (including phenoxy) is 1. The first-order valence-corrected chi connectivity index (χ1v) is 9.20. The van der Waals surface area contributed by atoms with E-state index in [2.05, 4.69) is 5.32 Å². The van der Waals surface area contributed by atoms with Crippen LogP contribution in [-0.2, 0) is 16.9 Å². The number of methoxy groups -OCH3 is 1. The van der Waals surface area contributed by atoms with Crippen molar-refractivity contribution in [3.8, 4) is 5.75 Å². The SMILES string of the molecule is COc1ccc(C)cc1CN1C(=O)N[C@@](C)(c2cccc3ccccc23)C1=O. The minimum absolute atomic E-state index is 0.163. The summed E-state index contributed by atoms with van der Waals surface area (Å²) < 4.78 is 5.41. The first kappa shape index (κ1) is 18.0. The number of hydrogen-bond donors (Lipinski definition) is 1. The summed E-state index contributed by atoms with van der Waals surface area (Å²) in [6.45, 7) is 3.90. The zero-order valence-electron chi connectivity index (χ0n) is 16.2. The molecule has 3 aromatic carbocycles. The molecule has 3 aromatic rings. The van der Waals surface area contributed by atoms with Gasteiger partial charge in [0.05, 0.1) is 13.7 Å². The molecule has 0 aliphatic carbocycles. The summed E-state index contributed by atoms with van der Waals surface area (Å²) >= 11 is 0. The average molecular weight is 374 g/mol. The number of urea groups is 1. The van der Waals surface area contributed by atoms with Crippen LogP contribution in [0.3, 0.4) is 0 Å². The molecule has 3 amide bonds. The van der Waals surface area contributed by atoms with Crippen LogP contribution in [0.5, 0.6) is 5.75 Å². The molecule has 1 aliphatic rings. The molecule has 142 valence electrons. The molecule has 1 atom stereocenters. The fraction of sp³-hybridized carbons (Fsp3) is 0.217. The first-order valence-electron chi connectivity index (χ1n) is 9.20. The Morgan fingerprint density at radius 2 is 1.79 bits per heavy atom. The Labute approximate surface area is 163 Å². The number of carbonyl (C=O) groups is 2. The van der Waals surface area contributed by atoms with Gasteiger partial charge in [-0.05, 0) is 36.2 Å². The Kier molecular flexibility index (Phi) is 4.30. The van der Waals surface area contributed by atoms with Crippen molar-refractivity contribution in [2.45, 2.75) is 25.9 Å². The van der Waals surface area contributed by atoms with Gasteiger partial charge in [0.25, 0.3) is 5.91 Å². The number of aryl methyl sites for hydroxylation is 1. The molecule has 0 spiro atoms. The highest BCUT2D eigenvalue weighted by molar-refractivity contribution is 6.09. The molecule has 1 heterocycles. The van der Waals surface area contributed by atoms with E-state index in [0.717, 1.165) is 27.5 Å². The smallest absolute Gasteiger partial charge is 0.325 e. The second kappa shape index (κ2) is 6.68. The van der Waals surface area contributed by atoms with Crippen LogP contribution in [0.25, 0.3) is 10.8 Å². The number of nitrogens with one attached hydrogen (secondary N) is 1. The van der Waals surface area contributed by atoms with Crippen LogP contribution in [0.2, 0.25) is 0 Å². The van der Waals surface area contributed by atoms with Gasteiger partial charge in [-0.1, -0.05) is 60.2 Å². The Morgan fingerprint density at radius 1 is 1.04 bits per heavy atom. The Hall–Kier alpha value is -3.34. The molecule has 0 aromatic heterocycles. The highest BCUT2D eigenvalue weighted by Gasteiger charge is 2.49. The van der Waals surface area contributed by atoms with Crippen molar-refractivity contribution < 1.29 is 14.3 Å². The highest BCUT2D eigenvalue weighted by atomic mass is 16.5. The molecule has 4 rings (SSSR count). The minimum atomic E-state index is -1.12. The van der Waals surface area contributed by atoms with E-state index in [1.807, 2.05) is 67.6 Å². The summed E-state index contributed by atoms with van der Waals surface area (Å²) in [5.74, 6) is 0.391. The van der Waals surface area contributed by atoms with E-state index in [0.29, 0.717) is 5.75 Å². The number of fused-ring (bicyclic) bond motifs is 1. The number of hydrogen-bond acceptors (Lipinski definition) is 3. The van der Waals surface area contributed by atoms with E-state index in [9.17, 15) is 9.59 Å². The zero-order valence-corrected chi connectivity index (χ0v) is 16.2. The lowest BCUT2D eigenvalue weighted by atomic mass is 9.87. The van der Waals surface area contributed by atoms with E-state index in [1.54, 1.807) is 14.0 Å². The number of carbonyl (C=O) groups excluding carboxylic acids is 2. The third-order valence-electron chi connectivity index (χ3n) is 5.37. The van der Waals surface area contributed by atoms with Crippen LogP contribution < -0.4 is 10.1 Å². The second-order valence-electron chi connectivity index (χ2n) is 7.29. The molecule has 1 aliphatic heterocycles. The quantitative estimate of drug-likeness (QED) is 0.699. The predicted molar refractivity (Wildman–Crippen MR) is 108 cm³/mol. The molecule has 1 fully saturated rings. The monoisotopic (exact) mass is 374 g/mol. The fourth-order valence-corrected chi connectivity index (χ4v) is 3.89. The van der Waals surface area contributed by atoms with Crippen molar-refractivity contribution in [2.24, 2.45) is 0 Å². The van der Waals surface area contributed by atoms with E-state index in [-0.39, 0.29) is 12.5 Å². The van der Waals surface area contributed by atoms with E-state index in [4.69, 9.17) is 4.74 Å². The summed E-state index contributed by atoms with van der Waals surface area (Å²) in [5.41, 5.74) is 1.52. The van der Waals surface area contributed by atoms with Crippen LogP contribution in [0, 0.1) is 6.92 Å². The number of amides is 3. The average Bonchev–Trinajstić information content (AvgIpc) is 2.91. The van der Waals surface area contributed by atoms with Gasteiger partial charge in [0.2, 0.25) is 0 Å². The Bertz CT molecular complexity index is 1090. The van der Waals surface area contributed by atoms with Gasteiger partial charge in [-0.3, -0.25) is 9.69 Å².